The van der Waals surface area contributed by atoms with Crippen LogP contribution in [0.5, 0.6) is 0 Å². The van der Waals surface area contributed by atoms with Gasteiger partial charge in [-0.15, -0.1) is 0 Å². The van der Waals surface area contributed by atoms with Gasteiger partial charge in [0.15, 0.2) is 11.2 Å². The molecule has 11 nitrogen and oxygen atoms in total. The summed E-state index contributed by atoms with van der Waals surface area (Å²) < 4.78 is 22.2. The number of aliphatic hydroxyl groups is 1. The molecule has 1 saturated heterocycles. The minimum atomic E-state index is -3.10. The van der Waals surface area contributed by atoms with Gasteiger partial charge in [0.25, 0.3) is 5.56 Å². The van der Waals surface area contributed by atoms with Crippen LogP contribution in [0.1, 0.15) is 12.6 Å². The Bertz CT molecular complexity index is 775. The molecular formula is C10H14N5O6P. The minimum absolute atomic E-state index is 0.0587. The predicted molar refractivity (Wildman–Crippen MR) is 74.3 cm³/mol. The number of hydrogen-bond acceptors (Lipinski definition) is 8. The zero-order chi connectivity index (χ0) is 15.9. The van der Waals surface area contributed by atoms with Crippen LogP contribution < -0.4 is 11.3 Å². The zero-order valence-electron chi connectivity index (χ0n) is 11.2. The molecule has 2 aromatic rings. The number of H-pyrrole nitrogens is 1. The van der Waals surface area contributed by atoms with Gasteiger partial charge >= 0.3 is 8.25 Å². The number of imidazole rings is 1. The number of aromatic amines is 1. The lowest BCUT2D eigenvalue weighted by molar-refractivity contribution is -0.0384. The number of anilines is 1. The van der Waals surface area contributed by atoms with E-state index in [2.05, 4.69) is 19.5 Å². The molecule has 0 spiro atoms. The van der Waals surface area contributed by atoms with E-state index in [-0.39, 0.29) is 30.1 Å². The van der Waals surface area contributed by atoms with Crippen molar-refractivity contribution in [2.24, 2.45) is 0 Å². The van der Waals surface area contributed by atoms with Crippen LogP contribution in [0, 0.1) is 0 Å². The Kier molecular flexibility index (Phi) is 3.98. The number of nitrogen functional groups attached to an aromatic ring is 1. The first kappa shape index (κ1) is 15.1. The van der Waals surface area contributed by atoms with E-state index in [1.807, 2.05) is 0 Å². The van der Waals surface area contributed by atoms with Crippen molar-refractivity contribution in [3.63, 3.8) is 0 Å². The molecule has 120 valence electrons. The van der Waals surface area contributed by atoms with Gasteiger partial charge in [-0.3, -0.25) is 18.9 Å². The molecule has 0 amide bonds. The Hall–Kier alpha value is -1.78. The summed E-state index contributed by atoms with van der Waals surface area (Å²) in [4.78, 5) is 30.7. The highest BCUT2D eigenvalue weighted by Crippen LogP contribution is 2.31. The van der Waals surface area contributed by atoms with Gasteiger partial charge in [-0.2, -0.15) is 4.98 Å². The summed E-state index contributed by atoms with van der Waals surface area (Å²) in [5.41, 5.74) is 5.37. The average Bonchev–Trinajstić information content (AvgIpc) is 3.00. The van der Waals surface area contributed by atoms with E-state index in [9.17, 15) is 14.5 Å². The highest BCUT2D eigenvalue weighted by atomic mass is 31.1. The largest absolute Gasteiger partial charge is 0.390 e. The first-order valence-corrected chi connectivity index (χ1v) is 7.63. The second-order valence-corrected chi connectivity index (χ2v) is 5.60. The Morgan fingerprint density at radius 3 is 3.14 bits per heavy atom. The van der Waals surface area contributed by atoms with Crippen LogP contribution >= 0.6 is 8.25 Å². The van der Waals surface area contributed by atoms with E-state index in [0.29, 0.717) is 0 Å². The molecule has 5 N–H and O–H groups in total. The maximum Gasteiger partial charge on any atom is 0.316 e. The molecule has 0 radical (unpaired) electrons. The predicted octanol–water partition coefficient (Wildman–Crippen LogP) is -1.25. The van der Waals surface area contributed by atoms with Crippen LogP contribution in [0.4, 0.5) is 5.95 Å². The smallest absolute Gasteiger partial charge is 0.316 e. The molecule has 0 saturated carbocycles. The normalized spacial score (nSPS) is 26.5. The number of nitrogens with zero attached hydrogens (tertiary/aromatic N) is 3. The van der Waals surface area contributed by atoms with Crippen molar-refractivity contribution in [2.75, 3.05) is 12.3 Å². The quantitative estimate of drug-likeness (QED) is 0.500. The Balaban J connectivity index is 1.86. The Morgan fingerprint density at radius 2 is 2.41 bits per heavy atom. The number of nitrogens with two attached hydrogens (primary N) is 1. The SMILES string of the molecule is Nc1nc2c(ncn2[C@H]2CC(O)[C@@H](CO[PH](=O)O)O2)c(=O)[nH]1. The summed E-state index contributed by atoms with van der Waals surface area (Å²) >= 11 is 0. The van der Waals surface area contributed by atoms with Gasteiger partial charge < -0.3 is 25.0 Å². The highest BCUT2D eigenvalue weighted by molar-refractivity contribution is 7.32. The summed E-state index contributed by atoms with van der Waals surface area (Å²) in [6.45, 7) is -0.214. The number of nitrogens with one attached hydrogen (secondary N) is 1. The summed E-state index contributed by atoms with van der Waals surface area (Å²) in [5.74, 6) is -0.0587. The molecule has 3 rings (SSSR count). The van der Waals surface area contributed by atoms with Crippen molar-refractivity contribution < 1.29 is 23.8 Å². The number of aliphatic hydroxyl groups excluding tert-OH is 1. The fraction of sp³-hybridized carbons (Fsp3) is 0.500. The van der Waals surface area contributed by atoms with Crippen molar-refractivity contribution in [2.45, 2.75) is 24.9 Å². The van der Waals surface area contributed by atoms with Crippen LogP contribution in [0.2, 0.25) is 0 Å². The molecule has 1 aliphatic heterocycles. The van der Waals surface area contributed by atoms with Crippen LogP contribution in [0.3, 0.4) is 0 Å². The topological polar surface area (TPSA) is 166 Å². The van der Waals surface area contributed by atoms with Crippen LogP contribution in [-0.2, 0) is 13.8 Å². The molecular weight excluding hydrogens is 317 g/mol. The fourth-order valence-corrected chi connectivity index (χ4v) is 2.65. The lowest BCUT2D eigenvalue weighted by Gasteiger charge is -2.15. The van der Waals surface area contributed by atoms with Crippen molar-refractivity contribution >= 4 is 25.4 Å². The molecule has 0 aliphatic carbocycles. The first-order valence-electron chi connectivity index (χ1n) is 6.37. The second-order valence-electron chi connectivity index (χ2n) is 4.78. The van der Waals surface area contributed by atoms with E-state index >= 15 is 0 Å². The third kappa shape index (κ3) is 2.76. The Labute approximate surface area is 123 Å². The monoisotopic (exact) mass is 331 g/mol. The van der Waals surface area contributed by atoms with E-state index < -0.39 is 32.2 Å². The number of aromatic nitrogens is 4. The molecule has 2 unspecified atom stereocenters. The molecule has 0 bridgehead atoms. The third-order valence-electron chi connectivity index (χ3n) is 3.34. The second kappa shape index (κ2) is 5.78. The van der Waals surface area contributed by atoms with E-state index in [4.69, 9.17) is 15.4 Å². The average molecular weight is 331 g/mol. The number of ether oxygens (including phenoxy) is 1. The maximum atomic E-state index is 11.7. The zero-order valence-corrected chi connectivity index (χ0v) is 12.2. The lowest BCUT2D eigenvalue weighted by atomic mass is 10.2. The standard InChI is InChI=1S/C10H14N5O6P/c11-10-13-8-7(9(17)14-10)12-3-15(8)6-1-4(16)5(21-6)2-20-22(18)19/h3-6,16,22H,1-2H2,(H,18,19)(H3,11,13,14,17)/t4?,5-,6-/m1/s1. The summed E-state index contributed by atoms with van der Waals surface area (Å²) in [5, 5.41) is 9.93. The lowest BCUT2D eigenvalue weighted by Crippen LogP contribution is -2.25. The van der Waals surface area contributed by atoms with Gasteiger partial charge in [0.1, 0.15) is 12.3 Å². The molecule has 2 aromatic heterocycles. The van der Waals surface area contributed by atoms with Gasteiger partial charge in [0, 0.05) is 6.42 Å². The summed E-state index contributed by atoms with van der Waals surface area (Å²) in [7, 11) is -3.10. The van der Waals surface area contributed by atoms with Gasteiger partial charge in [-0.1, -0.05) is 0 Å². The van der Waals surface area contributed by atoms with Crippen molar-refractivity contribution in [3.8, 4) is 0 Å². The van der Waals surface area contributed by atoms with E-state index in [0.717, 1.165) is 0 Å². The molecule has 22 heavy (non-hydrogen) atoms. The number of hydrogen-bond donors (Lipinski definition) is 4. The minimum Gasteiger partial charge on any atom is -0.390 e. The molecule has 0 aromatic carbocycles. The molecule has 1 aliphatic rings. The van der Waals surface area contributed by atoms with Gasteiger partial charge in [0.05, 0.1) is 19.0 Å². The molecule has 12 heteroatoms. The van der Waals surface area contributed by atoms with Crippen LogP contribution in [0.15, 0.2) is 11.1 Å². The molecule has 4 atom stereocenters. The molecule has 3 heterocycles. The van der Waals surface area contributed by atoms with Gasteiger partial charge in [0.2, 0.25) is 5.95 Å². The highest BCUT2D eigenvalue weighted by Gasteiger charge is 2.36. The van der Waals surface area contributed by atoms with Gasteiger partial charge in [-0.25, -0.2) is 4.98 Å². The van der Waals surface area contributed by atoms with Crippen molar-refractivity contribution in [3.05, 3.63) is 16.7 Å². The summed E-state index contributed by atoms with van der Waals surface area (Å²) in [6.07, 6.45) is -0.725. The van der Waals surface area contributed by atoms with Crippen molar-refractivity contribution in [1.82, 2.24) is 19.5 Å². The van der Waals surface area contributed by atoms with E-state index in [1.54, 1.807) is 0 Å². The Morgan fingerprint density at radius 1 is 1.64 bits per heavy atom. The van der Waals surface area contributed by atoms with Crippen LogP contribution in [-0.4, -0.2) is 48.3 Å². The van der Waals surface area contributed by atoms with Crippen LogP contribution in [0.25, 0.3) is 11.2 Å². The number of fused-ring (bicyclic) bond motifs is 1. The maximum absolute atomic E-state index is 11.7. The third-order valence-corrected chi connectivity index (χ3v) is 3.75. The fourth-order valence-electron chi connectivity index (χ4n) is 2.34. The van der Waals surface area contributed by atoms with Crippen molar-refractivity contribution in [1.29, 1.82) is 0 Å². The van der Waals surface area contributed by atoms with E-state index in [1.165, 1.54) is 10.9 Å². The number of rotatable bonds is 4. The molecule has 1 fully saturated rings. The van der Waals surface area contributed by atoms with Gasteiger partial charge in [-0.05, 0) is 0 Å². The summed E-state index contributed by atoms with van der Waals surface area (Å²) in [6, 6.07) is 0. The first-order chi connectivity index (χ1) is 10.5.